The van der Waals surface area contributed by atoms with Gasteiger partial charge in [-0.1, -0.05) is 37.3 Å². The van der Waals surface area contributed by atoms with Crippen molar-refractivity contribution in [3.05, 3.63) is 35.9 Å². The van der Waals surface area contributed by atoms with Crippen LogP contribution >= 0.6 is 0 Å². The van der Waals surface area contributed by atoms with Crippen LogP contribution in [-0.4, -0.2) is 31.1 Å². The minimum atomic E-state index is 0.486. The maximum absolute atomic E-state index is 3.61. The molecule has 0 amide bonds. The number of nitrogens with zero attached hydrogens (tertiary/aromatic N) is 1. The van der Waals surface area contributed by atoms with E-state index in [-0.39, 0.29) is 0 Å². The first-order valence-corrected chi connectivity index (χ1v) is 7.71. The van der Waals surface area contributed by atoms with Gasteiger partial charge in [-0.2, -0.15) is 0 Å². The first-order chi connectivity index (χ1) is 9.22. The molecule has 2 heteroatoms. The monoisotopic (exact) mass is 260 g/mol. The van der Waals surface area contributed by atoms with E-state index in [1.165, 1.54) is 31.4 Å². The summed E-state index contributed by atoms with van der Waals surface area (Å²) in [7, 11) is 2.27. The van der Waals surface area contributed by atoms with E-state index in [1.54, 1.807) is 0 Å². The van der Waals surface area contributed by atoms with Gasteiger partial charge in [0.05, 0.1) is 0 Å². The second-order valence-electron chi connectivity index (χ2n) is 5.87. The Morgan fingerprint density at radius 3 is 2.53 bits per heavy atom. The van der Waals surface area contributed by atoms with Crippen LogP contribution in [0.15, 0.2) is 30.3 Å². The maximum atomic E-state index is 3.61. The summed E-state index contributed by atoms with van der Waals surface area (Å²) in [6, 6.07) is 12.1. The largest absolute Gasteiger partial charge is 0.310 e. The van der Waals surface area contributed by atoms with Gasteiger partial charge < -0.3 is 10.2 Å². The summed E-state index contributed by atoms with van der Waals surface area (Å²) in [5.41, 5.74) is 1.41. The fourth-order valence-electron chi connectivity index (χ4n) is 2.79. The van der Waals surface area contributed by atoms with Crippen LogP contribution in [0.3, 0.4) is 0 Å². The Kier molecular flexibility index (Phi) is 5.41. The van der Waals surface area contributed by atoms with Crippen molar-refractivity contribution >= 4 is 0 Å². The fourth-order valence-corrected chi connectivity index (χ4v) is 2.79. The van der Waals surface area contributed by atoms with E-state index in [4.69, 9.17) is 0 Å². The molecule has 1 aromatic rings. The van der Waals surface area contributed by atoms with Crippen molar-refractivity contribution in [2.75, 3.05) is 20.1 Å². The zero-order valence-corrected chi connectivity index (χ0v) is 12.6. The maximum Gasteiger partial charge on any atom is 0.0332 e. The molecule has 1 aliphatic carbocycles. The summed E-state index contributed by atoms with van der Waals surface area (Å²) in [6.45, 7) is 6.76. The normalized spacial score (nSPS) is 18.5. The van der Waals surface area contributed by atoms with Gasteiger partial charge in [0.1, 0.15) is 0 Å². The van der Waals surface area contributed by atoms with Gasteiger partial charge in [-0.05, 0) is 57.8 Å². The van der Waals surface area contributed by atoms with Crippen molar-refractivity contribution in [3.63, 3.8) is 0 Å². The van der Waals surface area contributed by atoms with Gasteiger partial charge in [-0.25, -0.2) is 0 Å². The van der Waals surface area contributed by atoms with Gasteiger partial charge in [-0.3, -0.25) is 0 Å². The van der Waals surface area contributed by atoms with Crippen molar-refractivity contribution in [1.29, 1.82) is 0 Å². The third-order valence-corrected chi connectivity index (χ3v) is 4.42. The van der Waals surface area contributed by atoms with Crippen molar-refractivity contribution in [1.82, 2.24) is 10.2 Å². The first kappa shape index (κ1) is 14.5. The number of nitrogens with one attached hydrogen (secondary N) is 1. The lowest BCUT2D eigenvalue weighted by Gasteiger charge is -2.27. The molecular weight excluding hydrogens is 232 g/mol. The van der Waals surface area contributed by atoms with Crippen LogP contribution in [0.4, 0.5) is 0 Å². The first-order valence-electron chi connectivity index (χ1n) is 7.71. The van der Waals surface area contributed by atoms with Crippen LogP contribution < -0.4 is 5.32 Å². The molecule has 1 saturated carbocycles. The lowest BCUT2D eigenvalue weighted by atomic mass is 10.0. The summed E-state index contributed by atoms with van der Waals surface area (Å²) >= 11 is 0. The Labute approximate surface area is 118 Å². The molecule has 0 aromatic heterocycles. The minimum absolute atomic E-state index is 0.486. The topological polar surface area (TPSA) is 15.3 Å². The van der Waals surface area contributed by atoms with Gasteiger partial charge in [0.2, 0.25) is 0 Å². The van der Waals surface area contributed by atoms with Crippen LogP contribution in [-0.2, 0) is 0 Å². The van der Waals surface area contributed by atoms with Crippen LogP contribution in [0.2, 0.25) is 0 Å². The molecule has 2 nitrogen and oxygen atoms in total. The molecule has 1 aromatic carbocycles. The molecule has 2 atom stereocenters. The van der Waals surface area contributed by atoms with Crippen molar-refractivity contribution < 1.29 is 0 Å². The average Bonchev–Trinajstić information content (AvgIpc) is 3.27. The van der Waals surface area contributed by atoms with Crippen molar-refractivity contribution in [3.8, 4) is 0 Å². The van der Waals surface area contributed by atoms with Crippen LogP contribution in [0.5, 0.6) is 0 Å². The van der Waals surface area contributed by atoms with E-state index in [0.717, 1.165) is 18.5 Å². The molecule has 0 heterocycles. The predicted molar refractivity (Wildman–Crippen MR) is 82.3 cm³/mol. The summed E-state index contributed by atoms with van der Waals surface area (Å²) in [5.74, 6) is 0.958. The Bertz CT molecular complexity index is 359. The van der Waals surface area contributed by atoms with Crippen LogP contribution in [0, 0.1) is 5.92 Å². The van der Waals surface area contributed by atoms with E-state index in [0.29, 0.717) is 6.04 Å². The van der Waals surface area contributed by atoms with Crippen LogP contribution in [0.25, 0.3) is 0 Å². The predicted octanol–water partition coefficient (Wildman–Crippen LogP) is 3.46. The highest BCUT2D eigenvalue weighted by Gasteiger charge is 2.30. The molecule has 0 spiro atoms. The van der Waals surface area contributed by atoms with Crippen molar-refractivity contribution in [2.24, 2.45) is 5.92 Å². The third kappa shape index (κ3) is 4.32. The summed E-state index contributed by atoms with van der Waals surface area (Å²) in [5, 5.41) is 3.61. The molecule has 0 radical (unpaired) electrons. The second kappa shape index (κ2) is 7.06. The number of hydrogen-bond acceptors (Lipinski definition) is 2. The summed E-state index contributed by atoms with van der Waals surface area (Å²) in [6.07, 6.45) is 4.05. The highest BCUT2D eigenvalue weighted by molar-refractivity contribution is 5.18. The van der Waals surface area contributed by atoms with Gasteiger partial charge in [0, 0.05) is 12.1 Å². The molecule has 1 fully saturated rings. The lowest BCUT2D eigenvalue weighted by Crippen LogP contribution is -2.34. The van der Waals surface area contributed by atoms with Crippen LogP contribution in [0.1, 0.15) is 44.7 Å². The third-order valence-electron chi connectivity index (χ3n) is 4.42. The van der Waals surface area contributed by atoms with Gasteiger partial charge in [0.15, 0.2) is 0 Å². The fraction of sp³-hybridized carbons (Fsp3) is 0.647. The molecule has 0 saturated heterocycles. The highest BCUT2D eigenvalue weighted by Crippen LogP contribution is 2.34. The summed E-state index contributed by atoms with van der Waals surface area (Å²) < 4.78 is 0. The average molecular weight is 260 g/mol. The molecule has 0 aliphatic heterocycles. The van der Waals surface area contributed by atoms with Crippen molar-refractivity contribution in [2.45, 2.75) is 45.2 Å². The van der Waals surface area contributed by atoms with Gasteiger partial charge in [0.25, 0.3) is 0 Å². The quantitative estimate of drug-likeness (QED) is 0.770. The van der Waals surface area contributed by atoms with E-state index < -0.39 is 0 Å². The standard InChI is InChI=1S/C17H28N2/c1-4-18-17(16-8-6-5-7-9-16)12-13-19(3)14(2)15-10-11-15/h5-9,14-15,17-18H,4,10-13H2,1-3H3. The Balaban J connectivity index is 1.86. The van der Waals surface area contributed by atoms with E-state index >= 15 is 0 Å². The highest BCUT2D eigenvalue weighted by atomic mass is 15.1. The lowest BCUT2D eigenvalue weighted by molar-refractivity contribution is 0.222. The Morgan fingerprint density at radius 2 is 1.95 bits per heavy atom. The van der Waals surface area contributed by atoms with Gasteiger partial charge in [-0.15, -0.1) is 0 Å². The van der Waals surface area contributed by atoms with E-state index in [1.807, 2.05) is 0 Å². The number of hydrogen-bond donors (Lipinski definition) is 1. The van der Waals surface area contributed by atoms with E-state index in [2.05, 4.69) is 61.4 Å². The molecule has 2 rings (SSSR count). The molecule has 1 aliphatic rings. The number of rotatable bonds is 8. The summed E-state index contributed by atoms with van der Waals surface area (Å²) in [4.78, 5) is 2.53. The minimum Gasteiger partial charge on any atom is -0.310 e. The SMILES string of the molecule is CCNC(CCN(C)C(C)C1CC1)c1ccccc1. The Morgan fingerprint density at radius 1 is 1.26 bits per heavy atom. The zero-order valence-electron chi connectivity index (χ0n) is 12.6. The molecule has 2 unspecified atom stereocenters. The molecule has 19 heavy (non-hydrogen) atoms. The van der Waals surface area contributed by atoms with E-state index in [9.17, 15) is 0 Å². The molecular formula is C17H28N2. The zero-order chi connectivity index (χ0) is 13.7. The molecule has 0 bridgehead atoms. The second-order valence-corrected chi connectivity index (χ2v) is 5.87. The smallest absolute Gasteiger partial charge is 0.0332 e. The number of benzene rings is 1. The van der Waals surface area contributed by atoms with Gasteiger partial charge >= 0.3 is 0 Å². The molecule has 106 valence electrons. The Hall–Kier alpha value is -0.860. The molecule has 1 N–H and O–H groups in total.